The number of aromatic nitrogens is 3. The number of nitrogens with zero attached hydrogens (tertiary/aromatic N) is 4. The fourth-order valence-corrected chi connectivity index (χ4v) is 2.91. The van der Waals surface area contributed by atoms with E-state index in [-0.39, 0.29) is 23.9 Å². The van der Waals surface area contributed by atoms with Crippen LogP contribution in [0.25, 0.3) is 0 Å². The van der Waals surface area contributed by atoms with E-state index in [0.29, 0.717) is 25.3 Å². The monoisotopic (exact) mass is 375 g/mol. The molecule has 0 fully saturated rings. The summed E-state index contributed by atoms with van der Waals surface area (Å²) < 4.78 is 8.47. The first-order valence-corrected chi connectivity index (χ1v) is 8.85. The third kappa shape index (κ3) is 4.72. The molecule has 0 aliphatic carbocycles. The fraction of sp³-hybridized carbons (Fsp3) is 0.471. The summed E-state index contributed by atoms with van der Waals surface area (Å²) in [4.78, 5) is 34.1. The lowest BCUT2D eigenvalue weighted by Gasteiger charge is -2.09. The number of nitro benzene ring substituents is 1. The van der Waals surface area contributed by atoms with E-state index in [9.17, 15) is 19.7 Å². The van der Waals surface area contributed by atoms with Gasteiger partial charge in [0, 0.05) is 38.2 Å². The predicted octanol–water partition coefficient (Wildman–Crippen LogP) is 0.875. The Morgan fingerprint density at radius 1 is 1.30 bits per heavy atom. The Labute approximate surface area is 154 Å². The zero-order chi connectivity index (χ0) is 19.2. The minimum atomic E-state index is -0.502. The van der Waals surface area contributed by atoms with Crippen LogP contribution >= 0.6 is 0 Å². The van der Waals surface area contributed by atoms with Crippen LogP contribution in [0, 0.1) is 10.1 Å². The minimum absolute atomic E-state index is 0.0389. The Kier molecular flexibility index (Phi) is 5.84. The van der Waals surface area contributed by atoms with E-state index in [2.05, 4.69) is 10.4 Å². The molecule has 1 N–H and O–H groups in total. The van der Waals surface area contributed by atoms with Gasteiger partial charge in [-0.1, -0.05) is 0 Å². The van der Waals surface area contributed by atoms with Gasteiger partial charge in [-0.05, 0) is 31.4 Å². The van der Waals surface area contributed by atoms with E-state index in [1.165, 1.54) is 28.9 Å². The lowest BCUT2D eigenvalue weighted by atomic mass is 10.2. The number of nitrogens with one attached hydrogen (secondary N) is 1. The molecule has 27 heavy (non-hydrogen) atoms. The van der Waals surface area contributed by atoms with Gasteiger partial charge in [0.05, 0.1) is 4.92 Å². The molecule has 1 aromatic heterocycles. The molecule has 0 unspecified atom stereocenters. The van der Waals surface area contributed by atoms with E-state index in [0.717, 1.165) is 31.6 Å². The molecule has 144 valence electrons. The first-order chi connectivity index (χ1) is 13.0. The maximum atomic E-state index is 12.2. The molecular weight excluding hydrogens is 354 g/mol. The second kappa shape index (κ2) is 8.47. The van der Waals surface area contributed by atoms with Crippen LogP contribution in [0.1, 0.15) is 25.1 Å². The van der Waals surface area contributed by atoms with Crippen molar-refractivity contribution in [2.45, 2.75) is 38.8 Å². The molecule has 1 aromatic carbocycles. The predicted molar refractivity (Wildman–Crippen MR) is 95.6 cm³/mol. The maximum absolute atomic E-state index is 12.2. The normalized spacial score (nSPS) is 13.0. The fourth-order valence-electron chi connectivity index (χ4n) is 2.91. The molecule has 1 aliphatic heterocycles. The van der Waals surface area contributed by atoms with E-state index in [1.807, 2.05) is 0 Å². The number of amides is 1. The maximum Gasteiger partial charge on any atom is 0.345 e. The molecule has 0 saturated heterocycles. The van der Waals surface area contributed by atoms with Crippen LogP contribution in [0.5, 0.6) is 5.75 Å². The first-order valence-electron chi connectivity index (χ1n) is 8.85. The van der Waals surface area contributed by atoms with Crippen LogP contribution < -0.4 is 15.7 Å². The largest absolute Gasteiger partial charge is 0.484 e. The average Bonchev–Trinajstić information content (AvgIpc) is 3.00. The molecule has 1 aliphatic rings. The molecular formula is C17H21N5O5. The number of aryl methyl sites for hydroxylation is 2. The smallest absolute Gasteiger partial charge is 0.345 e. The summed E-state index contributed by atoms with van der Waals surface area (Å²) in [5, 5.41) is 17.6. The van der Waals surface area contributed by atoms with Crippen molar-refractivity contribution in [3.05, 3.63) is 50.7 Å². The average molecular weight is 375 g/mol. The quantitative estimate of drug-likeness (QED) is 0.415. The number of hydrogen-bond donors (Lipinski definition) is 1. The van der Waals surface area contributed by atoms with Crippen molar-refractivity contribution < 1.29 is 14.5 Å². The van der Waals surface area contributed by atoms with Crippen molar-refractivity contribution in [2.24, 2.45) is 0 Å². The third-order valence-corrected chi connectivity index (χ3v) is 4.32. The van der Waals surface area contributed by atoms with Gasteiger partial charge >= 0.3 is 5.69 Å². The highest BCUT2D eigenvalue weighted by Gasteiger charge is 2.16. The van der Waals surface area contributed by atoms with Crippen molar-refractivity contribution in [3.63, 3.8) is 0 Å². The van der Waals surface area contributed by atoms with E-state index in [1.54, 1.807) is 4.57 Å². The Bertz CT molecular complexity index is 871. The number of carbonyl (C=O) groups is 1. The number of ether oxygens (including phenoxy) is 1. The van der Waals surface area contributed by atoms with Gasteiger partial charge in [-0.25, -0.2) is 9.48 Å². The highest BCUT2D eigenvalue weighted by molar-refractivity contribution is 5.77. The highest BCUT2D eigenvalue weighted by Crippen LogP contribution is 2.17. The molecule has 0 atom stereocenters. The van der Waals surface area contributed by atoms with Gasteiger partial charge in [0.15, 0.2) is 6.61 Å². The van der Waals surface area contributed by atoms with E-state index < -0.39 is 4.92 Å². The summed E-state index contributed by atoms with van der Waals surface area (Å²) in [5.74, 6) is 0.919. The molecule has 10 heteroatoms. The second-order valence-corrected chi connectivity index (χ2v) is 6.27. The van der Waals surface area contributed by atoms with Gasteiger partial charge in [0.25, 0.3) is 11.6 Å². The molecule has 10 nitrogen and oxygen atoms in total. The second-order valence-electron chi connectivity index (χ2n) is 6.27. The number of nitro groups is 1. The lowest BCUT2D eigenvalue weighted by Crippen LogP contribution is -2.31. The van der Waals surface area contributed by atoms with Gasteiger partial charge < -0.3 is 10.1 Å². The van der Waals surface area contributed by atoms with E-state index >= 15 is 0 Å². The SMILES string of the molecule is O=C(COc1ccc([N+](=O)[O-])cc1)NCCCn1nc2n(c1=O)CCCC2. The Balaban J connectivity index is 1.38. The molecule has 0 radical (unpaired) electrons. The summed E-state index contributed by atoms with van der Waals surface area (Å²) in [6.45, 7) is 1.39. The standard InChI is InChI=1S/C17H21N5O5/c23-16(12-27-14-7-5-13(6-8-14)22(25)26)18-9-3-11-21-17(24)20-10-2-1-4-15(20)19-21/h5-8H,1-4,9-12H2,(H,18,23). The van der Waals surface area contributed by atoms with Gasteiger partial charge in [0.1, 0.15) is 11.6 Å². The molecule has 0 bridgehead atoms. The summed E-state index contributed by atoms with van der Waals surface area (Å²) in [7, 11) is 0. The van der Waals surface area contributed by atoms with Crippen molar-refractivity contribution in [1.82, 2.24) is 19.7 Å². The first kappa shape index (κ1) is 18.6. The summed E-state index contributed by atoms with van der Waals surface area (Å²) >= 11 is 0. The number of benzene rings is 1. The lowest BCUT2D eigenvalue weighted by molar-refractivity contribution is -0.384. The molecule has 2 aromatic rings. The molecule has 1 amide bonds. The van der Waals surface area contributed by atoms with E-state index in [4.69, 9.17) is 4.74 Å². The number of carbonyl (C=O) groups excluding carboxylic acids is 1. The zero-order valence-corrected chi connectivity index (χ0v) is 14.8. The molecule has 3 rings (SSSR count). The molecule has 0 spiro atoms. The summed E-state index contributed by atoms with van der Waals surface area (Å²) in [5.41, 5.74) is -0.125. The Hall–Kier alpha value is -3.17. The van der Waals surface area contributed by atoms with Crippen LogP contribution in [0.3, 0.4) is 0 Å². The van der Waals surface area contributed by atoms with Gasteiger partial charge in [-0.3, -0.25) is 19.5 Å². The van der Waals surface area contributed by atoms with Crippen molar-refractivity contribution in [2.75, 3.05) is 13.2 Å². The van der Waals surface area contributed by atoms with Crippen LogP contribution in [0.4, 0.5) is 5.69 Å². The Morgan fingerprint density at radius 3 is 2.78 bits per heavy atom. The molecule has 2 heterocycles. The van der Waals surface area contributed by atoms with Crippen molar-refractivity contribution >= 4 is 11.6 Å². The molecule has 0 saturated carbocycles. The van der Waals surface area contributed by atoms with Gasteiger partial charge in [-0.2, -0.15) is 5.10 Å². The number of hydrogen-bond acceptors (Lipinski definition) is 6. The number of fused-ring (bicyclic) bond motifs is 1. The van der Waals surface area contributed by atoms with Crippen molar-refractivity contribution in [1.29, 1.82) is 0 Å². The summed E-state index contributed by atoms with van der Waals surface area (Å²) in [6, 6.07) is 5.52. The van der Waals surface area contributed by atoms with Gasteiger partial charge in [0.2, 0.25) is 0 Å². The van der Waals surface area contributed by atoms with Crippen LogP contribution in [-0.2, 0) is 24.3 Å². The topological polar surface area (TPSA) is 121 Å². The van der Waals surface area contributed by atoms with Crippen LogP contribution in [-0.4, -0.2) is 38.3 Å². The van der Waals surface area contributed by atoms with Crippen LogP contribution in [0.2, 0.25) is 0 Å². The number of rotatable bonds is 8. The van der Waals surface area contributed by atoms with Crippen LogP contribution in [0.15, 0.2) is 29.1 Å². The zero-order valence-electron chi connectivity index (χ0n) is 14.8. The summed E-state index contributed by atoms with van der Waals surface area (Å²) in [6.07, 6.45) is 3.48. The minimum Gasteiger partial charge on any atom is -0.484 e. The Morgan fingerprint density at radius 2 is 2.07 bits per heavy atom. The third-order valence-electron chi connectivity index (χ3n) is 4.32. The van der Waals surface area contributed by atoms with Gasteiger partial charge in [-0.15, -0.1) is 0 Å². The number of non-ortho nitro benzene ring substituents is 1. The highest BCUT2D eigenvalue weighted by atomic mass is 16.6. The van der Waals surface area contributed by atoms with Crippen molar-refractivity contribution in [3.8, 4) is 5.75 Å².